The molecule has 7 heteroatoms. The topological polar surface area (TPSA) is 72.2 Å². The Morgan fingerprint density at radius 2 is 1.95 bits per heavy atom. The van der Waals surface area contributed by atoms with E-state index in [0.717, 1.165) is 12.1 Å². The van der Waals surface area contributed by atoms with Crippen molar-refractivity contribution in [3.8, 4) is 0 Å². The Morgan fingerprint density at radius 3 is 2.57 bits per heavy atom. The zero-order valence-electron chi connectivity index (χ0n) is 11.2. The molecule has 0 amide bonds. The number of nitrogen functional groups attached to an aromatic ring is 1. The lowest BCUT2D eigenvalue weighted by atomic mass is 10.1. The molecule has 4 nitrogen and oxygen atoms in total. The molecule has 2 aromatic rings. The summed E-state index contributed by atoms with van der Waals surface area (Å²) in [6.07, 6.45) is 0.535. The van der Waals surface area contributed by atoms with Crippen LogP contribution < -0.4 is 10.5 Å². The third kappa shape index (κ3) is 3.46. The first-order valence-corrected chi connectivity index (χ1v) is 8.06. The van der Waals surface area contributed by atoms with E-state index < -0.39 is 15.8 Å². The highest BCUT2D eigenvalue weighted by atomic mass is 35.5. The van der Waals surface area contributed by atoms with Gasteiger partial charge in [-0.1, -0.05) is 24.6 Å². The molecule has 2 aromatic carbocycles. The fraction of sp³-hybridized carbons (Fsp3) is 0.143. The number of hydrogen-bond acceptors (Lipinski definition) is 3. The highest BCUT2D eigenvalue weighted by molar-refractivity contribution is 7.92. The molecule has 0 aliphatic rings. The predicted octanol–water partition coefficient (Wildman–Crippen LogP) is 3.42. The van der Waals surface area contributed by atoms with Crippen molar-refractivity contribution in [1.29, 1.82) is 0 Å². The Hall–Kier alpha value is -1.79. The second-order valence-electron chi connectivity index (χ2n) is 4.45. The van der Waals surface area contributed by atoms with Crippen molar-refractivity contribution in [3.63, 3.8) is 0 Å². The van der Waals surface area contributed by atoms with E-state index in [0.29, 0.717) is 17.7 Å². The second kappa shape index (κ2) is 5.91. The summed E-state index contributed by atoms with van der Waals surface area (Å²) in [4.78, 5) is 0.0883. The summed E-state index contributed by atoms with van der Waals surface area (Å²) in [6, 6.07) is 8.13. The van der Waals surface area contributed by atoms with Crippen LogP contribution in [-0.2, 0) is 16.4 Å². The first-order chi connectivity index (χ1) is 9.83. The maximum atomic E-state index is 13.0. The van der Waals surface area contributed by atoms with Crippen LogP contribution in [0.3, 0.4) is 0 Å². The number of benzene rings is 2. The molecule has 0 atom stereocenters. The summed E-state index contributed by atoms with van der Waals surface area (Å²) in [5, 5.41) is -0.0134. The molecular formula is C14H14ClFN2O2S. The van der Waals surface area contributed by atoms with Crippen molar-refractivity contribution < 1.29 is 12.8 Å². The Bertz CT molecular complexity index is 779. The summed E-state index contributed by atoms with van der Waals surface area (Å²) < 4.78 is 40.3. The summed E-state index contributed by atoms with van der Waals surface area (Å²) >= 11 is 5.84. The minimum atomic E-state index is -3.85. The highest BCUT2D eigenvalue weighted by Gasteiger charge is 2.19. The lowest BCUT2D eigenvalue weighted by Crippen LogP contribution is -2.15. The van der Waals surface area contributed by atoms with Gasteiger partial charge < -0.3 is 5.73 Å². The van der Waals surface area contributed by atoms with E-state index >= 15 is 0 Å². The van der Waals surface area contributed by atoms with Crippen LogP contribution in [0.2, 0.25) is 5.02 Å². The van der Waals surface area contributed by atoms with Crippen molar-refractivity contribution in [3.05, 3.63) is 52.8 Å². The van der Waals surface area contributed by atoms with Crippen LogP contribution in [0.15, 0.2) is 41.3 Å². The number of sulfonamides is 1. The van der Waals surface area contributed by atoms with Crippen molar-refractivity contribution in [2.75, 3.05) is 10.5 Å². The van der Waals surface area contributed by atoms with Gasteiger partial charge in [0.1, 0.15) is 5.82 Å². The molecule has 0 unspecified atom stereocenters. The van der Waals surface area contributed by atoms with Gasteiger partial charge in [0.2, 0.25) is 0 Å². The third-order valence-electron chi connectivity index (χ3n) is 2.94. The van der Waals surface area contributed by atoms with Gasteiger partial charge in [-0.25, -0.2) is 12.8 Å². The molecule has 0 aliphatic heterocycles. The number of nitrogens with one attached hydrogen (secondary N) is 1. The van der Waals surface area contributed by atoms with Crippen LogP contribution in [-0.4, -0.2) is 8.42 Å². The molecule has 0 saturated heterocycles. The van der Waals surface area contributed by atoms with Crippen LogP contribution in [0.5, 0.6) is 0 Å². The van der Waals surface area contributed by atoms with Gasteiger partial charge in [-0.05, 0) is 42.3 Å². The lowest BCUT2D eigenvalue weighted by molar-refractivity contribution is 0.600. The molecule has 0 aliphatic carbocycles. The van der Waals surface area contributed by atoms with Gasteiger partial charge in [-0.15, -0.1) is 0 Å². The molecule has 0 spiro atoms. The van der Waals surface area contributed by atoms with Crippen molar-refractivity contribution in [2.45, 2.75) is 18.2 Å². The number of rotatable bonds is 4. The van der Waals surface area contributed by atoms with E-state index in [4.69, 9.17) is 17.3 Å². The standard InChI is InChI=1S/C14H14ClFN2O2S/c1-2-9-3-5-11(17)8-14(9)21(19,20)18-13-6-4-10(16)7-12(13)15/h3-8,18H,2,17H2,1H3. The first-order valence-electron chi connectivity index (χ1n) is 6.19. The number of halogens is 2. The maximum Gasteiger partial charge on any atom is 0.262 e. The van der Waals surface area contributed by atoms with E-state index in [-0.39, 0.29) is 15.6 Å². The molecule has 0 fully saturated rings. The highest BCUT2D eigenvalue weighted by Crippen LogP contribution is 2.27. The molecule has 0 saturated carbocycles. The van der Waals surface area contributed by atoms with E-state index in [1.807, 2.05) is 6.92 Å². The first kappa shape index (κ1) is 15.6. The summed E-state index contributed by atoms with van der Waals surface area (Å²) in [5.74, 6) is -0.541. The third-order valence-corrected chi connectivity index (χ3v) is 4.70. The Balaban J connectivity index is 2.45. The number of aryl methyl sites for hydroxylation is 1. The molecule has 0 heterocycles. The lowest BCUT2D eigenvalue weighted by Gasteiger charge is -2.13. The fourth-order valence-electron chi connectivity index (χ4n) is 1.89. The van der Waals surface area contributed by atoms with Crippen molar-refractivity contribution in [2.24, 2.45) is 0 Å². The number of hydrogen-bond donors (Lipinski definition) is 2. The quantitative estimate of drug-likeness (QED) is 0.845. The number of nitrogens with two attached hydrogens (primary N) is 1. The van der Waals surface area contributed by atoms with Crippen LogP contribution in [0.4, 0.5) is 15.8 Å². The van der Waals surface area contributed by atoms with Gasteiger partial charge in [0.15, 0.2) is 0 Å². The van der Waals surface area contributed by atoms with Gasteiger partial charge in [-0.3, -0.25) is 4.72 Å². The zero-order valence-corrected chi connectivity index (χ0v) is 12.8. The molecule has 112 valence electrons. The largest absolute Gasteiger partial charge is 0.399 e. The Kier molecular flexibility index (Phi) is 4.39. The summed E-state index contributed by atoms with van der Waals surface area (Å²) in [5.41, 5.74) is 6.75. The van der Waals surface area contributed by atoms with E-state index in [9.17, 15) is 12.8 Å². The van der Waals surface area contributed by atoms with E-state index in [2.05, 4.69) is 4.72 Å². The van der Waals surface area contributed by atoms with E-state index in [1.165, 1.54) is 12.1 Å². The second-order valence-corrected chi connectivity index (χ2v) is 6.51. The predicted molar refractivity (Wildman–Crippen MR) is 82.5 cm³/mol. The van der Waals surface area contributed by atoms with Crippen LogP contribution in [0.25, 0.3) is 0 Å². The fourth-order valence-corrected chi connectivity index (χ4v) is 3.58. The maximum absolute atomic E-state index is 13.0. The normalized spacial score (nSPS) is 11.4. The summed E-state index contributed by atoms with van der Waals surface area (Å²) in [6.45, 7) is 1.84. The smallest absolute Gasteiger partial charge is 0.262 e. The molecule has 2 rings (SSSR count). The van der Waals surface area contributed by atoms with E-state index in [1.54, 1.807) is 12.1 Å². The Labute approximate surface area is 127 Å². The minimum absolute atomic E-state index is 0.0134. The summed E-state index contributed by atoms with van der Waals surface area (Å²) in [7, 11) is -3.85. The monoisotopic (exact) mass is 328 g/mol. The number of anilines is 2. The van der Waals surface area contributed by atoms with Crippen LogP contribution in [0, 0.1) is 5.82 Å². The molecule has 0 bridgehead atoms. The van der Waals surface area contributed by atoms with Crippen LogP contribution >= 0.6 is 11.6 Å². The Morgan fingerprint density at radius 1 is 1.24 bits per heavy atom. The van der Waals surface area contributed by atoms with Gasteiger partial charge in [0, 0.05) is 5.69 Å². The zero-order chi connectivity index (χ0) is 15.6. The van der Waals surface area contributed by atoms with Gasteiger partial charge in [0.25, 0.3) is 10.0 Å². The van der Waals surface area contributed by atoms with Gasteiger partial charge >= 0.3 is 0 Å². The molecule has 21 heavy (non-hydrogen) atoms. The minimum Gasteiger partial charge on any atom is -0.399 e. The van der Waals surface area contributed by atoms with Crippen molar-refractivity contribution >= 4 is 33.0 Å². The average molecular weight is 329 g/mol. The molecule has 0 radical (unpaired) electrons. The van der Waals surface area contributed by atoms with Crippen LogP contribution in [0.1, 0.15) is 12.5 Å². The van der Waals surface area contributed by atoms with Crippen molar-refractivity contribution in [1.82, 2.24) is 0 Å². The molecular weight excluding hydrogens is 315 g/mol. The molecule has 3 N–H and O–H groups in total. The van der Waals surface area contributed by atoms with Gasteiger partial charge in [-0.2, -0.15) is 0 Å². The SMILES string of the molecule is CCc1ccc(N)cc1S(=O)(=O)Nc1ccc(F)cc1Cl. The average Bonchev–Trinajstić information content (AvgIpc) is 2.42. The van der Waals surface area contributed by atoms with Gasteiger partial charge in [0.05, 0.1) is 15.6 Å². The molecule has 0 aromatic heterocycles.